The molecule has 0 saturated heterocycles. The molecule has 4 N–H and O–H groups in total. The first-order chi connectivity index (χ1) is 20.6. The fourth-order valence-corrected chi connectivity index (χ4v) is 5.37. The number of carboxylic acids is 2. The first-order valence-electron chi connectivity index (χ1n) is 13.5. The van der Waals surface area contributed by atoms with Crippen LogP contribution in [-0.2, 0) is 29.0 Å². The van der Waals surface area contributed by atoms with Crippen LogP contribution in [0.5, 0.6) is 0 Å². The number of aromatic amines is 1. The van der Waals surface area contributed by atoms with E-state index in [0.29, 0.717) is 23.3 Å². The first-order valence-corrected chi connectivity index (χ1v) is 13.5. The van der Waals surface area contributed by atoms with E-state index in [2.05, 4.69) is 36.7 Å². The minimum Gasteiger partial charge on any atom is -0.480 e. The second-order valence-electron chi connectivity index (χ2n) is 10.2. The number of tetrazole rings is 1. The minimum atomic E-state index is -1.26. The zero-order valence-electron chi connectivity index (χ0n) is 23.1. The zero-order valence-corrected chi connectivity index (χ0v) is 23.1. The van der Waals surface area contributed by atoms with Gasteiger partial charge in [-0.15, -0.1) is 11.5 Å². The number of terminal acetylenes is 1. The lowest BCUT2D eigenvalue weighted by Crippen LogP contribution is -2.41. The molecule has 0 radical (unpaired) electrons. The van der Waals surface area contributed by atoms with E-state index >= 15 is 0 Å². The molecule has 1 amide bonds. The molecule has 220 valence electrons. The lowest BCUT2D eigenvalue weighted by atomic mass is 10.0. The molecule has 0 fully saturated rings. The maximum atomic E-state index is 13.0. The Kier molecular flexibility index (Phi) is 8.15. The normalized spacial score (nSPS) is 14.6. The van der Waals surface area contributed by atoms with E-state index in [9.17, 15) is 24.3 Å². The van der Waals surface area contributed by atoms with Gasteiger partial charge >= 0.3 is 11.9 Å². The van der Waals surface area contributed by atoms with Gasteiger partial charge in [-0.3, -0.25) is 14.4 Å². The number of nitrogens with zero attached hydrogens (tertiary/aromatic N) is 6. The zero-order chi connectivity index (χ0) is 30.7. The van der Waals surface area contributed by atoms with Crippen molar-refractivity contribution in [1.29, 1.82) is 0 Å². The lowest BCUT2D eigenvalue weighted by molar-refractivity contribution is -0.140. The third-order valence-electron chi connectivity index (χ3n) is 7.38. The van der Waals surface area contributed by atoms with Crippen molar-refractivity contribution in [3.8, 4) is 12.3 Å². The Bertz CT molecular complexity index is 1810. The highest BCUT2D eigenvalue weighted by Gasteiger charge is 2.29. The number of carbonyl (C=O) groups is 3. The van der Waals surface area contributed by atoms with E-state index in [-0.39, 0.29) is 35.8 Å². The molecule has 1 aliphatic carbocycles. The Balaban J connectivity index is 1.31. The standard InChI is InChI=1S/C29H28N8O6/c1-3-12-36(24-10-6-18-13-23-21(14-20(18)24)28(41)31-16(2)30-23)19-7-4-17(5-8-19)27(40)32-22(29(42)43)9-11-25-33-34-35-37(25)15-26(38)39/h1,4-5,7-8,13-14,22,24H,6,9-12,15H2,2H3,(H,32,40)(H,38,39)(H,42,43)(H,30,31,41)/t22-,24+/m0/s1. The molecule has 14 nitrogen and oxygen atoms in total. The Morgan fingerprint density at radius 3 is 2.70 bits per heavy atom. The van der Waals surface area contributed by atoms with Crippen molar-refractivity contribution in [1.82, 2.24) is 35.5 Å². The van der Waals surface area contributed by atoms with E-state index in [1.54, 1.807) is 31.2 Å². The fourth-order valence-electron chi connectivity index (χ4n) is 5.37. The minimum absolute atomic E-state index is 0.0389. The van der Waals surface area contributed by atoms with Crippen LogP contribution in [0.4, 0.5) is 5.69 Å². The number of aliphatic carboxylic acids is 2. The van der Waals surface area contributed by atoms with Crippen LogP contribution < -0.4 is 15.8 Å². The van der Waals surface area contributed by atoms with Gasteiger partial charge in [0.1, 0.15) is 18.4 Å². The topological polar surface area (TPSA) is 196 Å². The van der Waals surface area contributed by atoms with E-state index in [1.165, 1.54) is 0 Å². The monoisotopic (exact) mass is 584 g/mol. The van der Waals surface area contributed by atoms with E-state index in [1.807, 2.05) is 17.0 Å². The largest absolute Gasteiger partial charge is 0.480 e. The smallest absolute Gasteiger partial charge is 0.326 e. The van der Waals surface area contributed by atoms with Crippen LogP contribution in [0.2, 0.25) is 0 Å². The highest BCUT2D eigenvalue weighted by atomic mass is 16.4. The third kappa shape index (κ3) is 6.20. The summed E-state index contributed by atoms with van der Waals surface area (Å²) in [4.78, 5) is 57.6. The summed E-state index contributed by atoms with van der Waals surface area (Å²) in [7, 11) is 0. The van der Waals surface area contributed by atoms with Crippen LogP contribution >= 0.6 is 0 Å². The maximum Gasteiger partial charge on any atom is 0.326 e. The molecular formula is C29H28N8O6. The summed E-state index contributed by atoms with van der Waals surface area (Å²) in [5.74, 6) is 0.459. The molecular weight excluding hydrogens is 556 g/mol. The number of anilines is 1. The first kappa shape index (κ1) is 28.9. The van der Waals surface area contributed by atoms with Crippen LogP contribution in [0.1, 0.15) is 52.0 Å². The molecule has 0 spiro atoms. The number of H-pyrrole nitrogens is 1. The summed E-state index contributed by atoms with van der Waals surface area (Å²) in [5, 5.41) is 32.4. The number of nitrogens with one attached hydrogen (secondary N) is 2. The summed E-state index contributed by atoms with van der Waals surface area (Å²) >= 11 is 0. The fraction of sp³-hybridized carbons (Fsp3) is 0.310. The maximum absolute atomic E-state index is 13.0. The van der Waals surface area contributed by atoms with Crippen LogP contribution in [0.3, 0.4) is 0 Å². The molecule has 2 aromatic heterocycles. The average Bonchev–Trinajstić information content (AvgIpc) is 3.58. The van der Waals surface area contributed by atoms with Gasteiger partial charge in [-0.1, -0.05) is 5.92 Å². The Labute approximate surface area is 244 Å². The van der Waals surface area contributed by atoms with Gasteiger partial charge in [-0.2, -0.15) is 0 Å². The SMILES string of the molecule is C#CCN(c1ccc(C(=O)N[C@@H](CCc2nnnn2CC(=O)O)C(=O)O)cc1)[C@@H]1CCc2cc3nc(C)[nH]c(=O)c3cc21. The Morgan fingerprint density at radius 1 is 1.23 bits per heavy atom. The summed E-state index contributed by atoms with van der Waals surface area (Å²) in [6.45, 7) is 1.57. The Morgan fingerprint density at radius 2 is 2.00 bits per heavy atom. The van der Waals surface area contributed by atoms with Crippen molar-refractivity contribution in [2.45, 2.75) is 51.2 Å². The van der Waals surface area contributed by atoms with Crippen molar-refractivity contribution in [2.24, 2.45) is 0 Å². The van der Waals surface area contributed by atoms with Gasteiger partial charge in [0.25, 0.3) is 11.5 Å². The number of hydrogen-bond donors (Lipinski definition) is 4. The quantitative estimate of drug-likeness (QED) is 0.185. The summed E-state index contributed by atoms with van der Waals surface area (Å²) < 4.78 is 1.06. The number of aromatic nitrogens is 6. The summed E-state index contributed by atoms with van der Waals surface area (Å²) in [5.41, 5.74) is 3.57. The van der Waals surface area contributed by atoms with Crippen LogP contribution in [0.15, 0.2) is 41.2 Å². The number of amides is 1. The average molecular weight is 585 g/mol. The number of hydrogen-bond acceptors (Lipinski definition) is 9. The van der Waals surface area contributed by atoms with Gasteiger partial charge in [0, 0.05) is 17.7 Å². The van der Waals surface area contributed by atoms with Gasteiger partial charge in [0.05, 0.1) is 23.5 Å². The second kappa shape index (κ2) is 12.1. The van der Waals surface area contributed by atoms with Gasteiger partial charge in [0.2, 0.25) is 0 Å². The number of aryl methyl sites for hydroxylation is 3. The molecule has 4 aromatic rings. The Hall–Kier alpha value is -5.58. The number of fused-ring (bicyclic) bond motifs is 2. The third-order valence-corrected chi connectivity index (χ3v) is 7.38. The molecule has 14 heteroatoms. The van der Waals surface area contributed by atoms with Crippen LogP contribution in [0, 0.1) is 19.3 Å². The number of carbonyl (C=O) groups excluding carboxylic acids is 1. The molecule has 0 bridgehead atoms. The molecule has 2 heterocycles. The molecule has 2 atom stereocenters. The van der Waals surface area contributed by atoms with Gasteiger partial charge in [0.15, 0.2) is 5.82 Å². The van der Waals surface area contributed by atoms with Crippen LogP contribution in [-0.4, -0.2) is 70.8 Å². The molecule has 0 saturated carbocycles. The van der Waals surface area contributed by atoms with E-state index in [0.717, 1.165) is 34.3 Å². The molecule has 2 aromatic carbocycles. The summed E-state index contributed by atoms with van der Waals surface area (Å²) in [6, 6.07) is 9.17. The van der Waals surface area contributed by atoms with Crippen molar-refractivity contribution >= 4 is 34.4 Å². The van der Waals surface area contributed by atoms with E-state index < -0.39 is 30.4 Å². The van der Waals surface area contributed by atoms with Gasteiger partial charge in [-0.05, 0) is 84.1 Å². The van der Waals surface area contributed by atoms with Crippen molar-refractivity contribution in [3.05, 3.63) is 75.1 Å². The number of rotatable bonds is 11. The number of carboxylic acid groups (broad SMARTS) is 2. The number of benzene rings is 2. The predicted molar refractivity (Wildman–Crippen MR) is 153 cm³/mol. The van der Waals surface area contributed by atoms with Crippen molar-refractivity contribution in [3.63, 3.8) is 0 Å². The summed E-state index contributed by atoms with van der Waals surface area (Å²) in [6.07, 6.45) is 7.29. The van der Waals surface area contributed by atoms with Crippen molar-refractivity contribution in [2.75, 3.05) is 11.4 Å². The molecule has 43 heavy (non-hydrogen) atoms. The predicted octanol–water partition coefficient (Wildman–Crippen LogP) is 1.25. The molecule has 1 aliphatic rings. The highest BCUT2D eigenvalue weighted by molar-refractivity contribution is 5.97. The van der Waals surface area contributed by atoms with E-state index in [4.69, 9.17) is 11.5 Å². The lowest BCUT2D eigenvalue weighted by Gasteiger charge is -2.30. The second-order valence-corrected chi connectivity index (χ2v) is 10.2. The van der Waals surface area contributed by atoms with Crippen LogP contribution in [0.25, 0.3) is 10.9 Å². The highest BCUT2D eigenvalue weighted by Crippen LogP contribution is 2.39. The molecule has 0 aliphatic heterocycles. The van der Waals surface area contributed by atoms with Gasteiger partial charge < -0.3 is 25.4 Å². The van der Waals surface area contributed by atoms with Gasteiger partial charge in [-0.25, -0.2) is 14.5 Å². The van der Waals surface area contributed by atoms with Crippen molar-refractivity contribution < 1.29 is 24.6 Å². The molecule has 5 rings (SSSR count). The molecule has 0 unspecified atom stereocenters.